The van der Waals surface area contributed by atoms with E-state index < -0.39 is 0 Å². The third-order valence-electron chi connectivity index (χ3n) is 5.04. The summed E-state index contributed by atoms with van der Waals surface area (Å²) in [6.07, 6.45) is 2.19. The molecule has 0 amide bonds. The molecule has 2 heterocycles. The van der Waals surface area contributed by atoms with E-state index in [-0.39, 0.29) is 24.8 Å². The Balaban J connectivity index is 0.00000140. The lowest BCUT2D eigenvalue weighted by molar-refractivity contribution is 0.292. The smallest absolute Gasteiger partial charge is 0.215 e. The maximum Gasteiger partial charge on any atom is 0.215 e. The molecule has 28 heavy (non-hydrogen) atoms. The van der Waals surface area contributed by atoms with Crippen molar-refractivity contribution in [3.05, 3.63) is 59.8 Å². The van der Waals surface area contributed by atoms with Crippen LogP contribution in [-0.2, 0) is 6.54 Å². The largest absolute Gasteiger partial charge is 0.308 e. The van der Waals surface area contributed by atoms with Gasteiger partial charge in [-0.25, -0.2) is 4.98 Å². The zero-order chi connectivity index (χ0) is 18.1. The van der Waals surface area contributed by atoms with Crippen LogP contribution in [0.2, 0.25) is 5.02 Å². The number of hydrogen-bond acceptors (Lipinski definition) is 2. The molecule has 7 heteroatoms. The number of aromatic nitrogens is 3. The third-order valence-corrected chi connectivity index (χ3v) is 5.29. The lowest BCUT2D eigenvalue weighted by Crippen LogP contribution is -2.27. The minimum Gasteiger partial charge on any atom is -0.308 e. The van der Waals surface area contributed by atoms with Crippen molar-refractivity contribution < 1.29 is 0 Å². The standard InChI is InChI=1S/C21H23ClN4.2ClH/c1-3-24(4-2)13-14-25-20(16-9-11-17(22)12-10-16)15-26-19-8-6-5-7-18(19)23-21(25)26;;/h5-12,15H,3-4,13-14H2,1-2H3;2*1H. The molecule has 150 valence electrons. The van der Waals surface area contributed by atoms with E-state index in [0.717, 1.165) is 53.6 Å². The van der Waals surface area contributed by atoms with E-state index in [4.69, 9.17) is 16.6 Å². The zero-order valence-electron chi connectivity index (χ0n) is 16.0. The Labute approximate surface area is 182 Å². The van der Waals surface area contributed by atoms with E-state index in [1.165, 1.54) is 5.69 Å². The molecule has 2 aromatic heterocycles. The Kier molecular flexibility index (Phi) is 7.79. The Morgan fingerprint density at radius 1 is 0.964 bits per heavy atom. The molecule has 0 fully saturated rings. The predicted molar refractivity (Wildman–Crippen MR) is 123 cm³/mol. The molecular weight excluding hydrogens is 415 g/mol. The topological polar surface area (TPSA) is 25.5 Å². The molecule has 0 unspecified atom stereocenters. The molecule has 0 aliphatic heterocycles. The molecule has 4 rings (SSSR count). The normalized spacial score (nSPS) is 11.0. The van der Waals surface area contributed by atoms with Crippen molar-refractivity contribution >= 4 is 53.2 Å². The minimum atomic E-state index is 0. The van der Waals surface area contributed by atoms with Crippen LogP contribution in [0.5, 0.6) is 0 Å². The van der Waals surface area contributed by atoms with Gasteiger partial charge in [0.25, 0.3) is 0 Å². The van der Waals surface area contributed by atoms with Crippen molar-refractivity contribution in [2.24, 2.45) is 0 Å². The summed E-state index contributed by atoms with van der Waals surface area (Å²) in [4.78, 5) is 7.33. The summed E-state index contributed by atoms with van der Waals surface area (Å²) >= 11 is 6.08. The van der Waals surface area contributed by atoms with Gasteiger partial charge >= 0.3 is 0 Å². The van der Waals surface area contributed by atoms with Crippen molar-refractivity contribution in [3.63, 3.8) is 0 Å². The Bertz CT molecular complexity index is 1030. The zero-order valence-corrected chi connectivity index (χ0v) is 18.4. The summed E-state index contributed by atoms with van der Waals surface area (Å²) in [6.45, 7) is 8.43. The SMILES string of the molecule is CCN(CC)CCn1c(-c2ccc(Cl)cc2)cn2c3ccccc3nc12.Cl.Cl. The molecule has 0 aliphatic rings. The van der Waals surface area contributed by atoms with Gasteiger partial charge in [-0.2, -0.15) is 0 Å². The highest BCUT2D eigenvalue weighted by Crippen LogP contribution is 2.27. The first-order valence-electron chi connectivity index (χ1n) is 9.16. The molecule has 0 radical (unpaired) electrons. The van der Waals surface area contributed by atoms with Crippen molar-refractivity contribution in [2.45, 2.75) is 20.4 Å². The van der Waals surface area contributed by atoms with Crippen LogP contribution >= 0.6 is 36.4 Å². The molecule has 0 saturated heterocycles. The van der Waals surface area contributed by atoms with E-state index in [2.05, 4.69) is 64.2 Å². The summed E-state index contributed by atoms with van der Waals surface area (Å²) in [6, 6.07) is 16.3. The van der Waals surface area contributed by atoms with E-state index in [1.54, 1.807) is 0 Å². The fraction of sp³-hybridized carbons (Fsp3) is 0.286. The summed E-state index contributed by atoms with van der Waals surface area (Å²) < 4.78 is 4.52. The summed E-state index contributed by atoms with van der Waals surface area (Å²) in [5.74, 6) is 0.989. The first kappa shape index (κ1) is 22.6. The van der Waals surface area contributed by atoms with Crippen LogP contribution in [0.3, 0.4) is 0 Å². The molecular formula is C21H25Cl3N4. The molecule has 0 spiro atoms. The van der Waals surface area contributed by atoms with Crippen molar-refractivity contribution in [2.75, 3.05) is 19.6 Å². The van der Waals surface area contributed by atoms with Gasteiger partial charge in [0, 0.05) is 24.3 Å². The number of para-hydroxylation sites is 2. The van der Waals surface area contributed by atoms with Gasteiger partial charge in [0.1, 0.15) is 0 Å². The summed E-state index contributed by atoms with van der Waals surface area (Å²) in [5.41, 5.74) is 4.49. The van der Waals surface area contributed by atoms with Gasteiger partial charge in [-0.05, 0) is 42.9 Å². The lowest BCUT2D eigenvalue weighted by atomic mass is 10.1. The Hall–Kier alpha value is -1.72. The van der Waals surface area contributed by atoms with Crippen LogP contribution < -0.4 is 0 Å². The lowest BCUT2D eigenvalue weighted by Gasteiger charge is -2.19. The van der Waals surface area contributed by atoms with Crippen LogP contribution in [0.1, 0.15) is 13.8 Å². The molecule has 0 bridgehead atoms. The average molecular weight is 440 g/mol. The van der Waals surface area contributed by atoms with E-state index in [1.807, 2.05) is 18.2 Å². The molecule has 0 aliphatic carbocycles. The van der Waals surface area contributed by atoms with Gasteiger partial charge in [0.05, 0.1) is 16.7 Å². The number of likely N-dealkylation sites (N-methyl/N-ethyl adjacent to an activating group) is 1. The molecule has 0 atom stereocenters. The maximum absolute atomic E-state index is 6.08. The highest BCUT2D eigenvalue weighted by atomic mass is 35.5. The average Bonchev–Trinajstić information content (AvgIpc) is 3.20. The number of hydrogen-bond donors (Lipinski definition) is 0. The highest BCUT2D eigenvalue weighted by Gasteiger charge is 2.16. The number of imidazole rings is 2. The van der Waals surface area contributed by atoms with Gasteiger partial charge in [0.2, 0.25) is 5.78 Å². The van der Waals surface area contributed by atoms with Crippen LogP contribution in [0.4, 0.5) is 0 Å². The van der Waals surface area contributed by atoms with Crippen LogP contribution in [0.15, 0.2) is 54.7 Å². The quantitative estimate of drug-likeness (QED) is 0.379. The van der Waals surface area contributed by atoms with E-state index in [9.17, 15) is 0 Å². The second kappa shape index (κ2) is 9.66. The van der Waals surface area contributed by atoms with Crippen LogP contribution in [0, 0.1) is 0 Å². The molecule has 2 aromatic carbocycles. The number of halogens is 3. The molecule has 4 aromatic rings. The van der Waals surface area contributed by atoms with Crippen LogP contribution in [-0.4, -0.2) is 38.5 Å². The predicted octanol–water partition coefficient (Wildman–Crippen LogP) is 5.79. The Morgan fingerprint density at radius 3 is 2.32 bits per heavy atom. The number of fused-ring (bicyclic) bond motifs is 3. The minimum absolute atomic E-state index is 0. The van der Waals surface area contributed by atoms with Crippen LogP contribution in [0.25, 0.3) is 28.1 Å². The molecule has 0 saturated carbocycles. The van der Waals surface area contributed by atoms with E-state index >= 15 is 0 Å². The van der Waals surface area contributed by atoms with Gasteiger partial charge in [-0.3, -0.25) is 4.40 Å². The second-order valence-electron chi connectivity index (χ2n) is 6.47. The van der Waals surface area contributed by atoms with Gasteiger partial charge < -0.3 is 9.47 Å². The van der Waals surface area contributed by atoms with Crippen molar-refractivity contribution in [3.8, 4) is 11.3 Å². The fourth-order valence-corrected chi connectivity index (χ4v) is 3.63. The van der Waals surface area contributed by atoms with Crippen molar-refractivity contribution in [1.82, 2.24) is 18.9 Å². The maximum atomic E-state index is 6.08. The molecule has 4 nitrogen and oxygen atoms in total. The number of rotatable bonds is 6. The first-order chi connectivity index (χ1) is 12.7. The van der Waals surface area contributed by atoms with E-state index in [0.29, 0.717) is 0 Å². The highest BCUT2D eigenvalue weighted by molar-refractivity contribution is 6.30. The third kappa shape index (κ3) is 4.15. The van der Waals surface area contributed by atoms with Gasteiger partial charge in [-0.1, -0.05) is 49.7 Å². The number of nitrogens with zero attached hydrogens (tertiary/aromatic N) is 4. The van der Waals surface area contributed by atoms with Gasteiger partial charge in [0.15, 0.2) is 0 Å². The first-order valence-corrected chi connectivity index (χ1v) is 9.53. The van der Waals surface area contributed by atoms with Crippen molar-refractivity contribution in [1.29, 1.82) is 0 Å². The summed E-state index contributed by atoms with van der Waals surface area (Å²) in [5, 5.41) is 0.755. The Morgan fingerprint density at radius 2 is 1.64 bits per heavy atom. The number of benzene rings is 2. The monoisotopic (exact) mass is 438 g/mol. The second-order valence-corrected chi connectivity index (χ2v) is 6.91. The molecule has 0 N–H and O–H groups in total. The van der Waals surface area contributed by atoms with Gasteiger partial charge in [-0.15, -0.1) is 24.8 Å². The summed E-state index contributed by atoms with van der Waals surface area (Å²) in [7, 11) is 0. The fourth-order valence-electron chi connectivity index (χ4n) is 3.50.